The number of aromatic nitrogens is 2. The van der Waals surface area contributed by atoms with Crippen LogP contribution in [0.2, 0.25) is 0 Å². The van der Waals surface area contributed by atoms with Crippen molar-refractivity contribution in [1.29, 1.82) is 0 Å². The van der Waals surface area contributed by atoms with E-state index in [0.29, 0.717) is 11.1 Å². The molecule has 2 aromatic rings. The Bertz CT molecular complexity index is 826. The lowest BCUT2D eigenvalue weighted by Gasteiger charge is -2.32. The van der Waals surface area contributed by atoms with Gasteiger partial charge in [0.15, 0.2) is 0 Å². The number of aryl methyl sites for hydroxylation is 1. The van der Waals surface area contributed by atoms with Crippen LogP contribution < -0.4 is 4.90 Å². The van der Waals surface area contributed by atoms with E-state index in [1.54, 1.807) is 16.2 Å². The van der Waals surface area contributed by atoms with Gasteiger partial charge in [0.1, 0.15) is 0 Å². The van der Waals surface area contributed by atoms with E-state index in [4.69, 9.17) is 4.42 Å². The first-order chi connectivity index (χ1) is 13.5. The molecule has 1 aliphatic heterocycles. The van der Waals surface area contributed by atoms with E-state index in [-0.39, 0.29) is 11.2 Å². The van der Waals surface area contributed by atoms with Gasteiger partial charge in [-0.3, -0.25) is 4.79 Å². The maximum Gasteiger partial charge on any atom is 0.277 e. The number of piperazine rings is 1. The minimum absolute atomic E-state index is 0.167. The Morgan fingerprint density at radius 3 is 2.96 bits per heavy atom. The fraction of sp³-hybridized carbons (Fsp3) is 0.650. The van der Waals surface area contributed by atoms with Crippen molar-refractivity contribution in [2.24, 2.45) is 5.92 Å². The zero-order valence-electron chi connectivity index (χ0n) is 16.9. The standard InChI is InChI=1S/C20H28N4O2S2/c1-4-23-7-9-24(10-8-23)19(25)14(3)27-20-22-21-18(26-20)17-12-15-11-13(2)5-6-16(15)28-17/h12-14H,4-11H2,1-3H3/p+1/t13-,14-/m0/s1. The third-order valence-corrected chi connectivity index (χ3v) is 8.00. The van der Waals surface area contributed by atoms with Crippen molar-refractivity contribution in [2.75, 3.05) is 32.7 Å². The summed E-state index contributed by atoms with van der Waals surface area (Å²) in [5.74, 6) is 1.49. The van der Waals surface area contributed by atoms with Crippen LogP contribution >= 0.6 is 23.1 Å². The average Bonchev–Trinajstić information content (AvgIpc) is 3.33. The molecular formula is C20H29N4O2S2+. The number of amides is 1. The Hall–Kier alpha value is -1.38. The molecule has 0 unspecified atom stereocenters. The molecule has 0 aromatic carbocycles. The highest BCUT2D eigenvalue weighted by atomic mass is 32.2. The van der Waals surface area contributed by atoms with Gasteiger partial charge in [-0.1, -0.05) is 18.7 Å². The number of likely N-dealkylation sites (N-methyl/N-ethyl adjacent to an activating group) is 1. The maximum atomic E-state index is 12.7. The van der Waals surface area contributed by atoms with E-state index in [1.807, 2.05) is 11.8 Å². The van der Waals surface area contributed by atoms with Gasteiger partial charge >= 0.3 is 0 Å². The molecule has 1 aliphatic carbocycles. The van der Waals surface area contributed by atoms with E-state index in [0.717, 1.165) is 56.4 Å². The van der Waals surface area contributed by atoms with Crippen LogP contribution in [-0.2, 0) is 17.6 Å². The number of nitrogens with zero attached hydrogens (tertiary/aromatic N) is 3. The number of thioether (sulfide) groups is 1. The number of hydrogen-bond acceptors (Lipinski definition) is 6. The zero-order valence-corrected chi connectivity index (χ0v) is 18.5. The number of hydrogen-bond donors (Lipinski definition) is 1. The van der Waals surface area contributed by atoms with Crippen molar-refractivity contribution >= 4 is 29.0 Å². The second kappa shape index (κ2) is 8.55. The van der Waals surface area contributed by atoms with Crippen LogP contribution in [0.3, 0.4) is 0 Å². The van der Waals surface area contributed by atoms with Gasteiger partial charge in [-0.15, -0.1) is 21.5 Å². The Morgan fingerprint density at radius 2 is 2.21 bits per heavy atom. The molecule has 2 aliphatic rings. The minimum atomic E-state index is -0.214. The van der Waals surface area contributed by atoms with Gasteiger partial charge in [0.2, 0.25) is 5.91 Å². The van der Waals surface area contributed by atoms with Gasteiger partial charge in [-0.2, -0.15) is 0 Å². The van der Waals surface area contributed by atoms with E-state index in [9.17, 15) is 4.79 Å². The molecule has 152 valence electrons. The van der Waals surface area contributed by atoms with Gasteiger partial charge in [0.05, 0.1) is 42.9 Å². The monoisotopic (exact) mass is 421 g/mol. The first-order valence-corrected chi connectivity index (χ1v) is 12.0. The number of rotatable bonds is 5. The fourth-order valence-electron chi connectivity index (χ4n) is 4.02. The lowest BCUT2D eigenvalue weighted by Crippen LogP contribution is -3.14. The zero-order chi connectivity index (χ0) is 19.7. The fourth-order valence-corrected chi connectivity index (χ4v) is 5.92. The van der Waals surface area contributed by atoms with E-state index in [2.05, 4.69) is 30.1 Å². The Kier molecular flexibility index (Phi) is 6.08. The molecule has 2 aromatic heterocycles. The first-order valence-electron chi connectivity index (χ1n) is 10.3. The summed E-state index contributed by atoms with van der Waals surface area (Å²) in [5, 5.41) is 8.69. The summed E-state index contributed by atoms with van der Waals surface area (Å²) in [6, 6.07) is 2.21. The number of nitrogens with one attached hydrogen (secondary N) is 1. The SMILES string of the molecule is CC[NH+]1CCN(C(=O)[C@H](C)Sc2nnc(-c3cc4c(s3)CC[C@H](C)C4)o2)CC1. The Balaban J connectivity index is 1.37. The summed E-state index contributed by atoms with van der Waals surface area (Å²) in [5.41, 5.74) is 1.43. The van der Waals surface area contributed by atoms with Crippen LogP contribution in [-0.4, -0.2) is 59.0 Å². The van der Waals surface area contributed by atoms with Crippen molar-refractivity contribution in [3.8, 4) is 10.8 Å². The second-order valence-electron chi connectivity index (χ2n) is 7.97. The number of quaternary nitrogens is 1. The molecule has 4 rings (SSSR count). The molecule has 0 spiro atoms. The van der Waals surface area contributed by atoms with Gasteiger partial charge < -0.3 is 14.2 Å². The molecule has 0 radical (unpaired) electrons. The second-order valence-corrected chi connectivity index (χ2v) is 10.4. The maximum absolute atomic E-state index is 12.7. The van der Waals surface area contributed by atoms with Crippen LogP contribution in [0.5, 0.6) is 0 Å². The summed E-state index contributed by atoms with van der Waals surface area (Å²) < 4.78 is 5.89. The molecular weight excluding hydrogens is 392 g/mol. The summed E-state index contributed by atoms with van der Waals surface area (Å²) in [4.78, 5) is 18.8. The summed E-state index contributed by atoms with van der Waals surface area (Å²) in [6.45, 7) is 11.3. The van der Waals surface area contributed by atoms with E-state index in [1.165, 1.54) is 28.6 Å². The highest BCUT2D eigenvalue weighted by Gasteiger charge is 2.28. The molecule has 8 heteroatoms. The molecule has 0 bridgehead atoms. The van der Waals surface area contributed by atoms with Crippen molar-refractivity contribution in [1.82, 2.24) is 15.1 Å². The number of carbonyl (C=O) groups excluding carboxylic acids is 1. The van der Waals surface area contributed by atoms with Crippen molar-refractivity contribution in [3.05, 3.63) is 16.5 Å². The normalized spacial score (nSPS) is 21.5. The van der Waals surface area contributed by atoms with E-state index < -0.39 is 0 Å². The smallest absolute Gasteiger partial charge is 0.277 e. The largest absolute Gasteiger partial charge is 0.410 e. The Morgan fingerprint density at radius 1 is 1.43 bits per heavy atom. The predicted molar refractivity (Wildman–Crippen MR) is 112 cm³/mol. The highest BCUT2D eigenvalue weighted by molar-refractivity contribution is 8.00. The van der Waals surface area contributed by atoms with Crippen molar-refractivity contribution in [2.45, 2.75) is 50.5 Å². The number of thiophene rings is 1. The van der Waals surface area contributed by atoms with Crippen LogP contribution in [0.4, 0.5) is 0 Å². The molecule has 0 saturated carbocycles. The van der Waals surface area contributed by atoms with Gasteiger partial charge in [-0.05, 0) is 50.7 Å². The number of carbonyl (C=O) groups is 1. The van der Waals surface area contributed by atoms with Crippen LogP contribution in [0.1, 0.15) is 37.6 Å². The van der Waals surface area contributed by atoms with Crippen molar-refractivity contribution < 1.29 is 14.1 Å². The quantitative estimate of drug-likeness (QED) is 0.750. The topological polar surface area (TPSA) is 63.7 Å². The molecule has 3 heterocycles. The van der Waals surface area contributed by atoms with Crippen LogP contribution in [0.15, 0.2) is 15.7 Å². The average molecular weight is 422 g/mol. The summed E-state index contributed by atoms with van der Waals surface area (Å²) in [6.07, 6.45) is 3.54. The Labute approximate surface area is 174 Å². The lowest BCUT2D eigenvalue weighted by atomic mass is 9.90. The third kappa shape index (κ3) is 4.28. The highest BCUT2D eigenvalue weighted by Crippen LogP contribution is 2.37. The molecule has 6 nitrogen and oxygen atoms in total. The molecule has 1 N–H and O–H groups in total. The molecule has 1 saturated heterocycles. The molecule has 1 fully saturated rings. The van der Waals surface area contributed by atoms with Crippen LogP contribution in [0.25, 0.3) is 10.8 Å². The minimum Gasteiger partial charge on any atom is -0.410 e. The summed E-state index contributed by atoms with van der Waals surface area (Å²) >= 11 is 3.14. The molecule has 28 heavy (non-hydrogen) atoms. The third-order valence-electron chi connectivity index (χ3n) is 5.85. The predicted octanol–water partition coefficient (Wildman–Crippen LogP) is 2.15. The van der Waals surface area contributed by atoms with E-state index >= 15 is 0 Å². The van der Waals surface area contributed by atoms with Crippen LogP contribution in [0, 0.1) is 5.92 Å². The number of fused-ring (bicyclic) bond motifs is 1. The molecule has 2 atom stereocenters. The van der Waals surface area contributed by atoms with Crippen molar-refractivity contribution in [3.63, 3.8) is 0 Å². The lowest BCUT2D eigenvalue weighted by molar-refractivity contribution is -0.902. The van der Waals surface area contributed by atoms with Gasteiger partial charge in [0, 0.05) is 4.88 Å². The first kappa shape index (κ1) is 19.9. The summed E-state index contributed by atoms with van der Waals surface area (Å²) in [7, 11) is 0. The molecule has 1 amide bonds. The van der Waals surface area contributed by atoms with Gasteiger partial charge in [0.25, 0.3) is 11.1 Å². The van der Waals surface area contributed by atoms with Gasteiger partial charge in [-0.25, -0.2) is 0 Å².